The molecule has 0 aliphatic carbocycles. The van der Waals surface area contributed by atoms with Gasteiger partial charge in [0.25, 0.3) is 0 Å². The first-order chi connectivity index (χ1) is 7.24. The number of benzene rings is 1. The smallest absolute Gasteiger partial charge is 0.150 e. The van der Waals surface area contributed by atoms with E-state index in [1.54, 1.807) is 23.1 Å². The van der Waals surface area contributed by atoms with E-state index in [9.17, 15) is 0 Å². The molecule has 2 rings (SSSR count). The maximum atomic E-state index is 5.76. The van der Waals surface area contributed by atoms with Gasteiger partial charge in [-0.15, -0.1) is 11.3 Å². The summed E-state index contributed by atoms with van der Waals surface area (Å²) in [4.78, 5) is 4.21. The van der Waals surface area contributed by atoms with Crippen LogP contribution in [-0.4, -0.2) is 4.98 Å². The molecule has 0 fully saturated rings. The Labute approximate surface area is 105 Å². The Balaban J connectivity index is 2.05. The number of nitrogen functional groups attached to an aromatic ring is 1. The van der Waals surface area contributed by atoms with E-state index in [0.29, 0.717) is 0 Å². The zero-order valence-electron chi connectivity index (χ0n) is 7.81. The molecule has 0 atom stereocenters. The fourth-order valence-corrected chi connectivity index (χ4v) is 3.31. The van der Waals surface area contributed by atoms with Crippen molar-refractivity contribution in [3.8, 4) is 0 Å². The highest BCUT2D eigenvalue weighted by Gasteiger charge is 2.00. The normalized spacial score (nSPS) is 10.5. The number of thioether (sulfide) groups is 1. The van der Waals surface area contributed by atoms with Crippen LogP contribution in [0.2, 0.25) is 0 Å². The number of nitrogens with zero attached hydrogens (tertiary/aromatic N) is 1. The van der Waals surface area contributed by atoms with Crippen LogP contribution in [-0.2, 0) is 5.75 Å². The second kappa shape index (κ2) is 5.01. The van der Waals surface area contributed by atoms with Crippen molar-refractivity contribution in [2.24, 2.45) is 0 Å². The van der Waals surface area contributed by atoms with E-state index >= 15 is 0 Å². The molecule has 1 aromatic carbocycles. The summed E-state index contributed by atoms with van der Waals surface area (Å²) >= 11 is 6.82. The fourth-order valence-electron chi connectivity index (χ4n) is 1.19. The first kappa shape index (κ1) is 11.0. The third kappa shape index (κ3) is 3.22. The Morgan fingerprint density at radius 2 is 2.27 bits per heavy atom. The minimum atomic E-state index is 0.791. The molecule has 0 saturated carbocycles. The van der Waals surface area contributed by atoms with Crippen LogP contribution in [0.3, 0.4) is 0 Å². The molecule has 2 nitrogen and oxygen atoms in total. The summed E-state index contributed by atoms with van der Waals surface area (Å²) < 4.78 is 2.12. The highest BCUT2D eigenvalue weighted by molar-refractivity contribution is 9.10. The van der Waals surface area contributed by atoms with Gasteiger partial charge in [-0.3, -0.25) is 0 Å². The lowest BCUT2D eigenvalue weighted by Gasteiger charge is -2.02. The molecule has 2 N–H and O–H groups in total. The van der Waals surface area contributed by atoms with E-state index < -0.39 is 0 Å². The van der Waals surface area contributed by atoms with Crippen molar-refractivity contribution in [1.29, 1.82) is 0 Å². The fraction of sp³-hybridized carbons (Fsp3) is 0.100. The van der Waals surface area contributed by atoms with Gasteiger partial charge in [-0.1, -0.05) is 27.7 Å². The van der Waals surface area contributed by atoms with Gasteiger partial charge in [0.2, 0.25) is 0 Å². The van der Waals surface area contributed by atoms with Crippen molar-refractivity contribution in [1.82, 2.24) is 4.98 Å². The van der Waals surface area contributed by atoms with Crippen LogP contribution in [0.5, 0.6) is 0 Å². The van der Waals surface area contributed by atoms with Gasteiger partial charge in [0, 0.05) is 27.5 Å². The highest BCUT2D eigenvalue weighted by Crippen LogP contribution is 2.26. The van der Waals surface area contributed by atoms with Gasteiger partial charge in [0.15, 0.2) is 0 Å². The zero-order chi connectivity index (χ0) is 10.7. The third-order valence-electron chi connectivity index (χ3n) is 1.75. The first-order valence-corrected chi connectivity index (χ1v) is 6.97. The number of hydrogen-bond acceptors (Lipinski definition) is 4. The van der Waals surface area contributed by atoms with Crippen molar-refractivity contribution >= 4 is 44.7 Å². The maximum absolute atomic E-state index is 5.76. The van der Waals surface area contributed by atoms with Crippen molar-refractivity contribution in [3.05, 3.63) is 39.8 Å². The summed E-state index contributed by atoms with van der Waals surface area (Å²) in [5.74, 6) is 0.900. The second-order valence-corrected chi connectivity index (χ2v) is 6.01. The Kier molecular flexibility index (Phi) is 3.66. The van der Waals surface area contributed by atoms with E-state index in [0.717, 1.165) is 20.3 Å². The Bertz CT molecular complexity index is 422. The molecule has 78 valence electrons. The summed E-state index contributed by atoms with van der Waals surface area (Å²) in [6.07, 6.45) is 1.82. The number of thiazole rings is 1. The van der Waals surface area contributed by atoms with Crippen LogP contribution in [0.25, 0.3) is 0 Å². The first-order valence-electron chi connectivity index (χ1n) is 4.31. The van der Waals surface area contributed by atoms with E-state index in [1.807, 2.05) is 23.7 Å². The molecule has 5 heteroatoms. The molecule has 15 heavy (non-hydrogen) atoms. The number of hydrogen-bond donors (Lipinski definition) is 1. The average molecular weight is 301 g/mol. The minimum absolute atomic E-state index is 0.791. The Hall–Kier alpha value is -0.520. The van der Waals surface area contributed by atoms with Gasteiger partial charge in [-0.25, -0.2) is 4.98 Å². The van der Waals surface area contributed by atoms with E-state index in [4.69, 9.17) is 5.73 Å². The van der Waals surface area contributed by atoms with Crippen LogP contribution in [0.15, 0.2) is 38.6 Å². The number of rotatable bonds is 3. The third-order valence-corrected chi connectivity index (χ3v) is 4.25. The molecule has 0 bridgehead atoms. The number of nitrogens with two attached hydrogens (primary N) is 1. The lowest BCUT2D eigenvalue weighted by atomic mass is 10.2. The highest BCUT2D eigenvalue weighted by atomic mass is 79.9. The van der Waals surface area contributed by atoms with Crippen molar-refractivity contribution in [3.63, 3.8) is 0 Å². The Morgan fingerprint density at radius 1 is 1.40 bits per heavy atom. The molecular formula is C10H9BrN2S2. The number of anilines is 1. The molecule has 0 radical (unpaired) electrons. The largest absolute Gasteiger partial charge is 0.399 e. The van der Waals surface area contributed by atoms with E-state index in [-0.39, 0.29) is 0 Å². The van der Waals surface area contributed by atoms with E-state index in [2.05, 4.69) is 27.0 Å². The van der Waals surface area contributed by atoms with Gasteiger partial charge in [-0.2, -0.15) is 0 Å². The predicted molar refractivity (Wildman–Crippen MR) is 70.2 cm³/mol. The summed E-state index contributed by atoms with van der Waals surface area (Å²) in [5, 5.41) is 1.98. The maximum Gasteiger partial charge on any atom is 0.150 e. The number of halogens is 1. The predicted octanol–water partition coefficient (Wildman–Crippen LogP) is 3.78. The van der Waals surface area contributed by atoms with Crippen LogP contribution < -0.4 is 5.73 Å². The van der Waals surface area contributed by atoms with Crippen LogP contribution in [0, 0.1) is 0 Å². The minimum Gasteiger partial charge on any atom is -0.399 e. The number of aromatic nitrogens is 1. The SMILES string of the molecule is Nc1cc(Br)cc(CSc2nccs2)c1. The quantitative estimate of drug-likeness (QED) is 0.692. The molecule has 0 aliphatic rings. The van der Waals surface area contributed by atoms with Gasteiger partial charge < -0.3 is 5.73 Å². The molecular weight excluding hydrogens is 292 g/mol. The van der Waals surface area contributed by atoms with Crippen LogP contribution >= 0.6 is 39.0 Å². The van der Waals surface area contributed by atoms with Crippen molar-refractivity contribution in [2.75, 3.05) is 5.73 Å². The van der Waals surface area contributed by atoms with Gasteiger partial charge in [-0.05, 0) is 23.8 Å². The molecule has 1 heterocycles. The standard InChI is InChI=1S/C10H9BrN2S2/c11-8-3-7(4-9(12)5-8)6-15-10-13-1-2-14-10/h1-5H,6,12H2. The monoisotopic (exact) mass is 300 g/mol. The topological polar surface area (TPSA) is 38.9 Å². The van der Waals surface area contributed by atoms with E-state index in [1.165, 1.54) is 5.56 Å². The van der Waals surface area contributed by atoms with Gasteiger partial charge in [0.05, 0.1) is 0 Å². The molecule has 1 aromatic heterocycles. The summed E-state index contributed by atoms with van der Waals surface area (Å²) in [6.45, 7) is 0. The van der Waals surface area contributed by atoms with Gasteiger partial charge >= 0.3 is 0 Å². The summed E-state index contributed by atoms with van der Waals surface area (Å²) in [6, 6.07) is 5.97. The Morgan fingerprint density at radius 3 is 2.93 bits per heavy atom. The van der Waals surface area contributed by atoms with Gasteiger partial charge in [0.1, 0.15) is 4.34 Å². The van der Waals surface area contributed by atoms with Crippen LogP contribution in [0.4, 0.5) is 5.69 Å². The molecule has 0 aliphatic heterocycles. The zero-order valence-corrected chi connectivity index (χ0v) is 11.0. The summed E-state index contributed by atoms with van der Waals surface area (Å²) in [7, 11) is 0. The molecule has 0 amide bonds. The summed E-state index contributed by atoms with van der Waals surface area (Å²) in [5.41, 5.74) is 7.76. The second-order valence-electron chi connectivity index (χ2n) is 2.98. The molecule has 0 unspecified atom stereocenters. The molecule has 0 saturated heterocycles. The van der Waals surface area contributed by atoms with Crippen LogP contribution in [0.1, 0.15) is 5.56 Å². The molecule has 2 aromatic rings. The lowest BCUT2D eigenvalue weighted by Crippen LogP contribution is -1.88. The average Bonchev–Trinajstić information content (AvgIpc) is 2.65. The van der Waals surface area contributed by atoms with Crippen molar-refractivity contribution < 1.29 is 0 Å². The van der Waals surface area contributed by atoms with Crippen molar-refractivity contribution in [2.45, 2.75) is 10.1 Å². The molecule has 0 spiro atoms. The lowest BCUT2D eigenvalue weighted by molar-refractivity contribution is 1.24.